The molecule has 3 heteroatoms. The summed E-state index contributed by atoms with van der Waals surface area (Å²) in [4.78, 5) is 24.4. The smallest absolute Gasteiger partial charge is 0.309 e. The van der Waals surface area contributed by atoms with E-state index in [0.29, 0.717) is 0 Å². The van der Waals surface area contributed by atoms with E-state index in [1.54, 1.807) is 0 Å². The van der Waals surface area contributed by atoms with E-state index in [4.69, 9.17) is 4.74 Å². The van der Waals surface area contributed by atoms with Gasteiger partial charge in [0.15, 0.2) is 0 Å². The van der Waals surface area contributed by atoms with Crippen LogP contribution >= 0.6 is 0 Å². The molecule has 3 unspecified atom stereocenters. The van der Waals surface area contributed by atoms with Gasteiger partial charge in [0.05, 0.1) is 11.3 Å². The van der Waals surface area contributed by atoms with E-state index in [2.05, 4.69) is 0 Å². The minimum atomic E-state index is -0.769. The molecule has 0 fully saturated rings. The zero-order chi connectivity index (χ0) is 18.5. The summed E-state index contributed by atoms with van der Waals surface area (Å²) in [5.41, 5.74) is 0.698. The number of carbonyl (C=O) groups excluding carboxylic acids is 2. The lowest BCUT2D eigenvalue weighted by molar-refractivity contribution is -0.162. The molecule has 0 aromatic carbocycles. The number of rotatable bonds is 5. The third-order valence-electron chi connectivity index (χ3n) is 4.61. The average molecular weight is 330 g/mol. The Bertz CT molecular complexity index is 599. The fourth-order valence-electron chi connectivity index (χ4n) is 2.61. The molecule has 0 N–H and O–H groups in total. The maximum atomic E-state index is 12.4. The van der Waals surface area contributed by atoms with Gasteiger partial charge in [0.2, 0.25) is 0 Å². The number of aldehydes is 1. The van der Waals surface area contributed by atoms with Crippen molar-refractivity contribution in [1.29, 1.82) is 0 Å². The highest BCUT2D eigenvalue weighted by Crippen LogP contribution is 2.39. The van der Waals surface area contributed by atoms with Gasteiger partial charge in [-0.25, -0.2) is 0 Å². The highest BCUT2D eigenvalue weighted by atomic mass is 16.6. The maximum absolute atomic E-state index is 12.4. The summed E-state index contributed by atoms with van der Waals surface area (Å²) < 4.78 is 5.49. The fourth-order valence-corrected chi connectivity index (χ4v) is 2.61. The molecule has 0 aliphatic heterocycles. The molecule has 0 spiro atoms. The van der Waals surface area contributed by atoms with Crippen LogP contribution < -0.4 is 0 Å². The zero-order valence-electron chi connectivity index (χ0n) is 15.9. The van der Waals surface area contributed by atoms with E-state index in [1.807, 2.05) is 84.9 Å². The Labute approximate surface area is 146 Å². The summed E-state index contributed by atoms with van der Waals surface area (Å²) in [5, 5.41) is 0. The lowest BCUT2D eigenvalue weighted by atomic mass is 9.68. The SMILES string of the molecule is CC1=C/C=C(C(C)(C=O)C(C)C(C)C(=O)OC(C)(C)C)\C=C\C=C\1. The quantitative estimate of drug-likeness (QED) is 0.537. The van der Waals surface area contributed by atoms with E-state index < -0.39 is 11.0 Å². The fraction of sp³-hybridized carbons (Fsp3) is 0.524. The number of hydrogen-bond acceptors (Lipinski definition) is 3. The van der Waals surface area contributed by atoms with Crippen LogP contribution in [0.5, 0.6) is 0 Å². The number of ether oxygens (including phenoxy) is 1. The molecule has 1 rings (SSSR count). The van der Waals surface area contributed by atoms with Gasteiger partial charge in [0.25, 0.3) is 0 Å². The molecule has 0 amide bonds. The van der Waals surface area contributed by atoms with E-state index >= 15 is 0 Å². The summed E-state index contributed by atoms with van der Waals surface area (Å²) in [7, 11) is 0. The van der Waals surface area contributed by atoms with Crippen LogP contribution in [-0.2, 0) is 14.3 Å². The van der Waals surface area contributed by atoms with Gasteiger partial charge < -0.3 is 9.53 Å². The summed E-state index contributed by atoms with van der Waals surface area (Å²) in [6, 6.07) is 0. The Hall–Kier alpha value is -1.90. The summed E-state index contributed by atoms with van der Waals surface area (Å²) in [6.07, 6.45) is 12.7. The zero-order valence-corrected chi connectivity index (χ0v) is 15.9. The normalized spacial score (nSPS) is 27.0. The van der Waals surface area contributed by atoms with Crippen LogP contribution in [0.1, 0.15) is 48.5 Å². The van der Waals surface area contributed by atoms with Crippen molar-refractivity contribution in [3.05, 3.63) is 47.6 Å². The van der Waals surface area contributed by atoms with Crippen LogP contribution in [0.2, 0.25) is 0 Å². The molecule has 0 radical (unpaired) electrons. The Morgan fingerprint density at radius 3 is 2.21 bits per heavy atom. The van der Waals surface area contributed by atoms with E-state index in [9.17, 15) is 9.59 Å². The van der Waals surface area contributed by atoms with Crippen molar-refractivity contribution >= 4 is 12.3 Å². The van der Waals surface area contributed by atoms with Gasteiger partial charge in [-0.15, -0.1) is 0 Å². The molecule has 0 saturated carbocycles. The van der Waals surface area contributed by atoms with Crippen LogP contribution in [0.3, 0.4) is 0 Å². The highest BCUT2D eigenvalue weighted by Gasteiger charge is 2.40. The Kier molecular flexibility index (Phi) is 6.53. The summed E-state index contributed by atoms with van der Waals surface area (Å²) in [6.45, 7) is 13.2. The predicted octanol–water partition coefficient (Wildman–Crippen LogP) is 4.80. The third-order valence-corrected chi connectivity index (χ3v) is 4.61. The van der Waals surface area contributed by atoms with Gasteiger partial charge in [0, 0.05) is 0 Å². The molecule has 132 valence electrons. The molecule has 3 nitrogen and oxygen atoms in total. The van der Waals surface area contributed by atoms with E-state index in [0.717, 1.165) is 17.4 Å². The highest BCUT2D eigenvalue weighted by molar-refractivity contribution is 5.75. The minimum Gasteiger partial charge on any atom is -0.460 e. The first-order valence-corrected chi connectivity index (χ1v) is 8.44. The average Bonchev–Trinajstić information content (AvgIpc) is 2.47. The second-order valence-corrected chi connectivity index (χ2v) is 7.76. The van der Waals surface area contributed by atoms with E-state index in [-0.39, 0.29) is 17.8 Å². The van der Waals surface area contributed by atoms with Gasteiger partial charge >= 0.3 is 5.97 Å². The van der Waals surface area contributed by atoms with Crippen LogP contribution in [0.15, 0.2) is 47.6 Å². The molecule has 0 heterocycles. The molecule has 1 aliphatic carbocycles. The molecule has 0 aromatic rings. The maximum Gasteiger partial charge on any atom is 0.309 e. The van der Waals surface area contributed by atoms with Crippen LogP contribution in [0.4, 0.5) is 0 Å². The summed E-state index contributed by atoms with van der Waals surface area (Å²) >= 11 is 0. The van der Waals surface area contributed by atoms with Gasteiger partial charge in [-0.1, -0.05) is 55.9 Å². The first-order valence-electron chi connectivity index (χ1n) is 8.44. The third kappa shape index (κ3) is 5.05. The first kappa shape index (κ1) is 20.1. The molecule has 1 aliphatic rings. The number of allylic oxidation sites excluding steroid dienone is 8. The summed E-state index contributed by atoms with van der Waals surface area (Å²) in [5.74, 6) is -0.859. The van der Waals surface area contributed by atoms with Gasteiger partial charge in [-0.3, -0.25) is 4.79 Å². The molecular weight excluding hydrogens is 300 g/mol. The monoisotopic (exact) mass is 330 g/mol. The van der Waals surface area contributed by atoms with Gasteiger partial charge in [0.1, 0.15) is 11.9 Å². The second-order valence-electron chi connectivity index (χ2n) is 7.76. The van der Waals surface area contributed by atoms with Crippen molar-refractivity contribution in [2.24, 2.45) is 17.3 Å². The number of esters is 1. The van der Waals surface area contributed by atoms with Crippen LogP contribution in [-0.4, -0.2) is 17.9 Å². The Balaban J connectivity index is 3.13. The van der Waals surface area contributed by atoms with Crippen molar-refractivity contribution in [3.8, 4) is 0 Å². The van der Waals surface area contributed by atoms with Crippen molar-refractivity contribution in [1.82, 2.24) is 0 Å². The Morgan fingerprint density at radius 2 is 1.67 bits per heavy atom. The molecule has 24 heavy (non-hydrogen) atoms. The lowest BCUT2D eigenvalue weighted by Crippen LogP contribution is -2.38. The number of carbonyl (C=O) groups is 2. The Morgan fingerprint density at radius 1 is 1.08 bits per heavy atom. The van der Waals surface area contributed by atoms with Crippen molar-refractivity contribution < 1.29 is 14.3 Å². The van der Waals surface area contributed by atoms with Crippen molar-refractivity contribution in [2.45, 2.75) is 54.1 Å². The predicted molar refractivity (Wildman–Crippen MR) is 98.5 cm³/mol. The van der Waals surface area contributed by atoms with Gasteiger partial charge in [-0.05, 0) is 46.1 Å². The number of hydrogen-bond donors (Lipinski definition) is 0. The van der Waals surface area contributed by atoms with Crippen LogP contribution in [0.25, 0.3) is 0 Å². The van der Waals surface area contributed by atoms with Crippen LogP contribution in [0, 0.1) is 17.3 Å². The second kappa shape index (κ2) is 7.78. The first-order chi connectivity index (χ1) is 11.0. The minimum absolute atomic E-state index is 0.196. The van der Waals surface area contributed by atoms with Gasteiger partial charge in [-0.2, -0.15) is 0 Å². The lowest BCUT2D eigenvalue weighted by Gasteiger charge is -2.36. The molecule has 0 saturated heterocycles. The molecular formula is C21H30O3. The standard InChI is InChI=1S/C21H30O3/c1-15-10-8-9-11-18(13-12-15)21(7,14-22)17(3)16(2)19(23)24-20(4,5)6/h8-14,16-17H,1-7H3/b9-8?,10-8+,11-9+,13-12?,15-10?,15-12-,18-11?,18-13+. The van der Waals surface area contributed by atoms with E-state index in [1.165, 1.54) is 0 Å². The largest absolute Gasteiger partial charge is 0.460 e. The topological polar surface area (TPSA) is 43.4 Å². The molecule has 3 atom stereocenters. The molecule has 0 aromatic heterocycles. The van der Waals surface area contributed by atoms with Crippen molar-refractivity contribution in [3.63, 3.8) is 0 Å². The molecule has 0 bridgehead atoms. The van der Waals surface area contributed by atoms with Crippen molar-refractivity contribution in [2.75, 3.05) is 0 Å².